The molecule has 0 saturated heterocycles. The third kappa shape index (κ3) is 3.35. The minimum Gasteiger partial charge on any atom is -0.454 e. The lowest BCUT2D eigenvalue weighted by Gasteiger charge is -2.01. The third-order valence-electron chi connectivity index (χ3n) is 3.04. The summed E-state index contributed by atoms with van der Waals surface area (Å²) in [6.45, 7) is 2.07. The molecule has 3 rings (SSSR count). The monoisotopic (exact) mass is 352 g/mol. The molecule has 1 aromatic carbocycles. The minimum absolute atomic E-state index is 0.0251. The van der Waals surface area contributed by atoms with Crippen LogP contribution in [0.4, 0.5) is 5.69 Å². The Bertz CT molecular complexity index is 745. The van der Waals surface area contributed by atoms with Gasteiger partial charge in [0.1, 0.15) is 10.1 Å². The fourth-order valence-electron chi connectivity index (χ4n) is 2.01. The van der Waals surface area contributed by atoms with Crippen molar-refractivity contribution in [1.82, 2.24) is 0 Å². The highest BCUT2D eigenvalue weighted by Gasteiger charge is 2.26. The Morgan fingerprint density at radius 3 is 2.87 bits per heavy atom. The molecule has 0 fully saturated rings. The fourth-order valence-corrected chi connectivity index (χ4v) is 3.77. The van der Waals surface area contributed by atoms with E-state index in [4.69, 9.17) is 9.47 Å². The number of hydrogen-bond acceptors (Lipinski definition) is 8. The van der Waals surface area contributed by atoms with Gasteiger partial charge in [-0.1, -0.05) is 18.7 Å². The summed E-state index contributed by atoms with van der Waals surface area (Å²) in [4.78, 5) is 27.0. The Hall–Kier alpha value is -2.00. The Morgan fingerprint density at radius 1 is 1.43 bits per heavy atom. The molecule has 0 bridgehead atoms. The van der Waals surface area contributed by atoms with Crippen molar-refractivity contribution in [3.05, 3.63) is 33.5 Å². The Labute approximate surface area is 140 Å². The van der Waals surface area contributed by atoms with Gasteiger partial charge in [0.2, 0.25) is 11.9 Å². The van der Waals surface area contributed by atoms with Crippen LogP contribution in [0.3, 0.4) is 0 Å². The van der Waals surface area contributed by atoms with E-state index in [9.17, 15) is 14.9 Å². The number of nitro groups is 1. The summed E-state index contributed by atoms with van der Waals surface area (Å²) in [7, 11) is 0. The van der Waals surface area contributed by atoms with Crippen LogP contribution in [0.2, 0.25) is 0 Å². The van der Waals surface area contributed by atoms with E-state index in [-0.39, 0.29) is 28.9 Å². The van der Waals surface area contributed by atoms with Crippen LogP contribution in [-0.2, 0) is 4.79 Å². The Kier molecular flexibility index (Phi) is 4.58. The normalized spacial score (nSPS) is 17.7. The highest BCUT2D eigenvalue weighted by atomic mass is 32.2. The van der Waals surface area contributed by atoms with E-state index < -0.39 is 4.92 Å². The quantitative estimate of drug-likeness (QED) is 0.466. The number of aliphatic imine (C=N–C) groups is 1. The van der Waals surface area contributed by atoms with E-state index in [1.54, 1.807) is 0 Å². The van der Waals surface area contributed by atoms with Gasteiger partial charge in [-0.3, -0.25) is 14.9 Å². The summed E-state index contributed by atoms with van der Waals surface area (Å²) in [5.41, 5.74) is 0.327. The van der Waals surface area contributed by atoms with Crippen LogP contribution in [0.15, 0.2) is 22.8 Å². The van der Waals surface area contributed by atoms with E-state index >= 15 is 0 Å². The molecule has 0 aliphatic carbocycles. The maximum absolute atomic E-state index is 12.0. The molecule has 2 aliphatic heterocycles. The number of fused-ring (bicyclic) bond motifs is 1. The zero-order valence-corrected chi connectivity index (χ0v) is 13.7. The molecule has 0 aromatic heterocycles. The molecule has 0 radical (unpaired) electrons. The highest BCUT2D eigenvalue weighted by Crippen LogP contribution is 2.40. The lowest BCUT2D eigenvalue weighted by Crippen LogP contribution is -1.94. The summed E-state index contributed by atoms with van der Waals surface area (Å²) in [6, 6.07) is 2.80. The standard InChI is InChI=1S/C14H12N2O5S2/c1-2-3-22-14-15-9(13(17)23-14)4-8-5-11-12(21-7-20-11)6-10(8)16(18)19/h4-6H,2-3,7H2,1H3. The van der Waals surface area contributed by atoms with Gasteiger partial charge in [0.25, 0.3) is 5.69 Å². The summed E-state index contributed by atoms with van der Waals surface area (Å²) in [5, 5.41) is 11.0. The van der Waals surface area contributed by atoms with Crippen molar-refractivity contribution >= 4 is 44.8 Å². The van der Waals surface area contributed by atoms with Gasteiger partial charge >= 0.3 is 0 Å². The van der Waals surface area contributed by atoms with Crippen LogP contribution < -0.4 is 9.47 Å². The average molecular weight is 352 g/mol. The second-order valence-electron chi connectivity index (χ2n) is 4.67. The van der Waals surface area contributed by atoms with Crippen molar-refractivity contribution in [2.24, 2.45) is 4.99 Å². The molecule has 2 aliphatic rings. The topological polar surface area (TPSA) is 91.0 Å². The average Bonchev–Trinajstić information content (AvgIpc) is 3.10. The predicted octanol–water partition coefficient (Wildman–Crippen LogP) is 3.44. The summed E-state index contributed by atoms with van der Waals surface area (Å²) in [6.07, 6.45) is 2.40. The van der Waals surface area contributed by atoms with Gasteiger partial charge in [-0.25, -0.2) is 4.99 Å². The highest BCUT2D eigenvalue weighted by molar-refractivity contribution is 8.45. The van der Waals surface area contributed by atoms with Gasteiger partial charge < -0.3 is 9.47 Å². The predicted molar refractivity (Wildman–Crippen MR) is 90.0 cm³/mol. The molecule has 1 aromatic rings. The molecule has 9 heteroatoms. The Morgan fingerprint density at radius 2 is 2.17 bits per heavy atom. The van der Waals surface area contributed by atoms with Gasteiger partial charge in [-0.15, -0.1) is 0 Å². The minimum atomic E-state index is -0.516. The molecule has 0 N–H and O–H groups in total. The van der Waals surface area contributed by atoms with Crippen LogP contribution in [-0.4, -0.2) is 27.0 Å². The lowest BCUT2D eigenvalue weighted by molar-refractivity contribution is -0.385. The molecule has 0 atom stereocenters. The zero-order valence-electron chi connectivity index (χ0n) is 12.1. The zero-order chi connectivity index (χ0) is 16.4. The first-order chi connectivity index (χ1) is 11.1. The number of benzene rings is 1. The molecule has 23 heavy (non-hydrogen) atoms. The lowest BCUT2D eigenvalue weighted by atomic mass is 10.1. The van der Waals surface area contributed by atoms with E-state index in [2.05, 4.69) is 4.99 Å². The number of hydrogen-bond donors (Lipinski definition) is 0. The van der Waals surface area contributed by atoms with E-state index in [0.717, 1.165) is 23.9 Å². The second-order valence-corrected chi connectivity index (χ2v) is 6.97. The summed E-state index contributed by atoms with van der Waals surface area (Å²) >= 11 is 2.56. The maximum atomic E-state index is 12.0. The van der Waals surface area contributed by atoms with E-state index in [0.29, 0.717) is 15.9 Å². The van der Waals surface area contributed by atoms with Crippen molar-refractivity contribution in [3.63, 3.8) is 0 Å². The number of rotatable bonds is 4. The molecule has 0 amide bonds. The molecular formula is C14H12N2O5S2. The van der Waals surface area contributed by atoms with E-state index in [1.165, 1.54) is 30.0 Å². The number of ether oxygens (including phenoxy) is 2. The van der Waals surface area contributed by atoms with Crippen LogP contribution in [0.1, 0.15) is 18.9 Å². The SMILES string of the molecule is CCCSC1=NC(=Cc2cc3c(cc2[N+](=O)[O-])OCO3)C(=O)S1. The van der Waals surface area contributed by atoms with Gasteiger partial charge in [0.05, 0.1) is 16.6 Å². The largest absolute Gasteiger partial charge is 0.454 e. The summed E-state index contributed by atoms with van der Waals surface area (Å²) in [5.74, 6) is 1.62. The van der Waals surface area contributed by atoms with Gasteiger partial charge in [-0.05, 0) is 36.1 Å². The maximum Gasteiger partial charge on any atom is 0.280 e. The smallest absolute Gasteiger partial charge is 0.280 e. The van der Waals surface area contributed by atoms with Crippen molar-refractivity contribution in [2.75, 3.05) is 12.5 Å². The van der Waals surface area contributed by atoms with Crippen molar-refractivity contribution < 1.29 is 19.2 Å². The van der Waals surface area contributed by atoms with Crippen LogP contribution >= 0.6 is 23.5 Å². The molecule has 0 spiro atoms. The van der Waals surface area contributed by atoms with Gasteiger partial charge in [-0.2, -0.15) is 0 Å². The van der Waals surface area contributed by atoms with Crippen molar-refractivity contribution in [3.8, 4) is 11.5 Å². The molecule has 0 saturated carbocycles. The fraction of sp³-hybridized carbons (Fsp3) is 0.286. The second kappa shape index (κ2) is 6.63. The molecular weight excluding hydrogens is 340 g/mol. The number of carbonyl (C=O) groups is 1. The van der Waals surface area contributed by atoms with Gasteiger partial charge in [0, 0.05) is 0 Å². The number of carbonyl (C=O) groups excluding carboxylic acids is 1. The van der Waals surface area contributed by atoms with Gasteiger partial charge in [0.15, 0.2) is 11.5 Å². The first kappa shape index (κ1) is 15.9. The molecule has 7 nitrogen and oxygen atoms in total. The number of nitrogens with zero attached hydrogens (tertiary/aromatic N) is 2. The van der Waals surface area contributed by atoms with Crippen LogP contribution in [0, 0.1) is 10.1 Å². The van der Waals surface area contributed by atoms with Crippen LogP contribution in [0.5, 0.6) is 11.5 Å². The number of thioether (sulfide) groups is 2. The van der Waals surface area contributed by atoms with Crippen molar-refractivity contribution in [1.29, 1.82) is 0 Å². The number of nitro benzene ring substituents is 1. The molecule has 120 valence electrons. The first-order valence-corrected chi connectivity index (χ1v) is 8.62. The third-order valence-corrected chi connectivity index (χ3v) is 5.26. The summed E-state index contributed by atoms with van der Waals surface area (Å²) < 4.78 is 11.1. The van der Waals surface area contributed by atoms with Crippen molar-refractivity contribution in [2.45, 2.75) is 13.3 Å². The first-order valence-electron chi connectivity index (χ1n) is 6.82. The molecule has 0 unspecified atom stereocenters. The Balaban J connectivity index is 1.97. The van der Waals surface area contributed by atoms with Crippen LogP contribution in [0.25, 0.3) is 6.08 Å². The van der Waals surface area contributed by atoms with E-state index in [1.807, 2.05) is 6.92 Å². The molecule has 2 heterocycles.